The molecule has 2 rings (SSSR count). The van der Waals surface area contributed by atoms with Gasteiger partial charge in [0, 0.05) is 18.3 Å². The molecule has 0 radical (unpaired) electrons. The van der Waals surface area contributed by atoms with Crippen LogP contribution in [0.15, 0.2) is 18.2 Å². The summed E-state index contributed by atoms with van der Waals surface area (Å²) in [5.41, 5.74) is 2.15. The van der Waals surface area contributed by atoms with E-state index in [1.165, 1.54) is 12.8 Å². The molecule has 1 heterocycles. The highest BCUT2D eigenvalue weighted by Crippen LogP contribution is 2.22. The van der Waals surface area contributed by atoms with E-state index in [4.69, 9.17) is 0 Å². The number of aryl methyl sites for hydroxylation is 1. The van der Waals surface area contributed by atoms with Crippen molar-refractivity contribution in [2.24, 2.45) is 0 Å². The Labute approximate surface area is 110 Å². The molecule has 0 amide bonds. The topological polar surface area (TPSA) is 36.4 Å². The number of likely N-dealkylation sites (N-methyl/N-ethyl adjacent to an activating group) is 1. The number of aliphatic hydroxyl groups excluding tert-OH is 1. The van der Waals surface area contributed by atoms with Crippen LogP contribution in [0.3, 0.4) is 0 Å². The van der Waals surface area contributed by atoms with Gasteiger partial charge in [-0.1, -0.05) is 25.3 Å². The highest BCUT2D eigenvalue weighted by Gasteiger charge is 2.25. The number of nitrogens with zero attached hydrogens (tertiary/aromatic N) is 2. The van der Waals surface area contributed by atoms with Crippen LogP contribution in [0.4, 0.5) is 0 Å². The lowest BCUT2D eigenvalue weighted by Gasteiger charge is -2.30. The smallest absolute Gasteiger partial charge is 0.0695 e. The van der Waals surface area contributed by atoms with Crippen LogP contribution in [-0.2, 0) is 6.54 Å². The Morgan fingerprint density at radius 2 is 2.06 bits per heavy atom. The number of hydrogen-bond donors (Lipinski definition) is 1. The zero-order chi connectivity index (χ0) is 13.0. The van der Waals surface area contributed by atoms with Crippen molar-refractivity contribution in [1.82, 2.24) is 9.88 Å². The molecule has 3 heteroatoms. The van der Waals surface area contributed by atoms with E-state index in [2.05, 4.69) is 29.1 Å². The average molecular weight is 248 g/mol. The van der Waals surface area contributed by atoms with Crippen molar-refractivity contribution in [3.05, 3.63) is 29.6 Å². The molecule has 2 unspecified atom stereocenters. The molecule has 1 aromatic rings. The van der Waals surface area contributed by atoms with E-state index in [9.17, 15) is 5.11 Å². The quantitative estimate of drug-likeness (QED) is 0.835. The summed E-state index contributed by atoms with van der Waals surface area (Å²) in [6.07, 6.45) is 5.51. The first kappa shape index (κ1) is 13.5. The van der Waals surface area contributed by atoms with Gasteiger partial charge in [-0.05, 0) is 38.9 Å². The van der Waals surface area contributed by atoms with E-state index >= 15 is 0 Å². The standard InChI is InChI=1S/C15H24N2O/c1-12-7-6-8-13(16-12)11-17(2)14-9-4-3-5-10-15(14)18/h6-8,14-15,18H,3-5,9-11H2,1-2H3. The number of hydrogen-bond acceptors (Lipinski definition) is 3. The SMILES string of the molecule is Cc1cccc(CN(C)C2CCCCCC2O)n1. The summed E-state index contributed by atoms with van der Waals surface area (Å²) in [6.45, 7) is 2.84. The minimum atomic E-state index is -0.178. The van der Waals surface area contributed by atoms with Crippen LogP contribution in [0, 0.1) is 6.92 Å². The molecule has 1 N–H and O–H groups in total. The van der Waals surface area contributed by atoms with Gasteiger partial charge in [0.1, 0.15) is 0 Å². The monoisotopic (exact) mass is 248 g/mol. The predicted molar refractivity (Wildman–Crippen MR) is 73.3 cm³/mol. The van der Waals surface area contributed by atoms with Gasteiger partial charge >= 0.3 is 0 Å². The third-order valence-electron chi connectivity index (χ3n) is 3.87. The van der Waals surface area contributed by atoms with Crippen LogP contribution in [0.1, 0.15) is 43.5 Å². The molecule has 0 spiro atoms. The van der Waals surface area contributed by atoms with Gasteiger partial charge in [-0.2, -0.15) is 0 Å². The lowest BCUT2D eigenvalue weighted by atomic mass is 10.0. The van der Waals surface area contributed by atoms with Gasteiger partial charge in [-0.3, -0.25) is 9.88 Å². The molecule has 0 bridgehead atoms. The molecule has 2 atom stereocenters. The molecule has 1 aliphatic carbocycles. The molecule has 0 aromatic carbocycles. The van der Waals surface area contributed by atoms with E-state index in [0.29, 0.717) is 0 Å². The van der Waals surface area contributed by atoms with Gasteiger partial charge in [0.2, 0.25) is 0 Å². The van der Waals surface area contributed by atoms with E-state index in [0.717, 1.165) is 37.2 Å². The van der Waals surface area contributed by atoms with Crippen LogP contribution >= 0.6 is 0 Å². The molecule has 3 nitrogen and oxygen atoms in total. The molecule has 1 fully saturated rings. The second-order valence-corrected chi connectivity index (χ2v) is 5.46. The first-order valence-electron chi connectivity index (χ1n) is 6.97. The van der Waals surface area contributed by atoms with Crippen LogP contribution in [0.5, 0.6) is 0 Å². The highest BCUT2D eigenvalue weighted by molar-refractivity contribution is 5.09. The van der Waals surface area contributed by atoms with Crippen LogP contribution in [-0.4, -0.2) is 34.2 Å². The Kier molecular flexibility index (Phi) is 4.72. The summed E-state index contributed by atoms with van der Waals surface area (Å²) in [6, 6.07) is 6.42. The average Bonchev–Trinajstić information content (AvgIpc) is 2.54. The summed E-state index contributed by atoms with van der Waals surface area (Å²) >= 11 is 0. The first-order chi connectivity index (χ1) is 8.66. The van der Waals surface area contributed by atoms with Gasteiger partial charge in [-0.15, -0.1) is 0 Å². The molecule has 18 heavy (non-hydrogen) atoms. The van der Waals surface area contributed by atoms with Gasteiger partial charge in [0.15, 0.2) is 0 Å². The fraction of sp³-hybridized carbons (Fsp3) is 0.667. The Hall–Kier alpha value is -0.930. The van der Waals surface area contributed by atoms with E-state index in [1.807, 2.05) is 13.0 Å². The molecule has 1 saturated carbocycles. The van der Waals surface area contributed by atoms with Gasteiger partial charge in [0.25, 0.3) is 0 Å². The van der Waals surface area contributed by atoms with Crippen molar-refractivity contribution in [3.63, 3.8) is 0 Å². The normalized spacial score (nSPS) is 25.1. The zero-order valence-electron chi connectivity index (χ0n) is 11.5. The second-order valence-electron chi connectivity index (χ2n) is 5.46. The highest BCUT2D eigenvalue weighted by atomic mass is 16.3. The Balaban J connectivity index is 1.99. The number of rotatable bonds is 3. The minimum absolute atomic E-state index is 0.178. The Morgan fingerprint density at radius 1 is 1.28 bits per heavy atom. The summed E-state index contributed by atoms with van der Waals surface area (Å²) in [5, 5.41) is 10.2. The minimum Gasteiger partial charge on any atom is -0.391 e. The van der Waals surface area contributed by atoms with E-state index in [1.54, 1.807) is 0 Å². The zero-order valence-corrected chi connectivity index (χ0v) is 11.5. The van der Waals surface area contributed by atoms with Gasteiger partial charge in [0.05, 0.1) is 11.8 Å². The molecule has 100 valence electrons. The molecular formula is C15H24N2O. The lowest BCUT2D eigenvalue weighted by molar-refractivity contribution is 0.0538. The number of pyridine rings is 1. The van der Waals surface area contributed by atoms with Crippen molar-refractivity contribution >= 4 is 0 Å². The summed E-state index contributed by atoms with van der Waals surface area (Å²) in [4.78, 5) is 6.79. The van der Waals surface area contributed by atoms with Crippen molar-refractivity contribution < 1.29 is 5.11 Å². The predicted octanol–water partition coefficient (Wildman–Crippen LogP) is 2.52. The number of aliphatic hydroxyl groups is 1. The van der Waals surface area contributed by atoms with Crippen molar-refractivity contribution in [1.29, 1.82) is 0 Å². The number of aromatic nitrogens is 1. The lowest BCUT2D eigenvalue weighted by Crippen LogP contribution is -2.40. The van der Waals surface area contributed by atoms with Crippen molar-refractivity contribution in [2.75, 3.05) is 7.05 Å². The second kappa shape index (κ2) is 6.30. The summed E-state index contributed by atoms with van der Waals surface area (Å²) < 4.78 is 0. The molecular weight excluding hydrogens is 224 g/mol. The maximum atomic E-state index is 10.2. The summed E-state index contributed by atoms with van der Waals surface area (Å²) in [7, 11) is 2.10. The van der Waals surface area contributed by atoms with Crippen LogP contribution in [0.2, 0.25) is 0 Å². The van der Waals surface area contributed by atoms with Crippen molar-refractivity contribution in [3.8, 4) is 0 Å². The molecule has 1 aliphatic rings. The fourth-order valence-electron chi connectivity index (χ4n) is 2.84. The third kappa shape index (κ3) is 3.53. The molecule has 0 aliphatic heterocycles. The Morgan fingerprint density at radius 3 is 2.83 bits per heavy atom. The largest absolute Gasteiger partial charge is 0.391 e. The van der Waals surface area contributed by atoms with Gasteiger partial charge < -0.3 is 5.11 Å². The van der Waals surface area contributed by atoms with E-state index in [-0.39, 0.29) is 12.1 Å². The fourth-order valence-corrected chi connectivity index (χ4v) is 2.84. The molecule has 1 aromatic heterocycles. The maximum absolute atomic E-state index is 10.2. The Bertz CT molecular complexity index is 381. The van der Waals surface area contributed by atoms with Gasteiger partial charge in [-0.25, -0.2) is 0 Å². The maximum Gasteiger partial charge on any atom is 0.0695 e. The van der Waals surface area contributed by atoms with Crippen LogP contribution < -0.4 is 0 Å². The van der Waals surface area contributed by atoms with Crippen molar-refractivity contribution in [2.45, 2.75) is 57.7 Å². The molecule has 0 saturated heterocycles. The van der Waals surface area contributed by atoms with Crippen LogP contribution in [0.25, 0.3) is 0 Å². The van der Waals surface area contributed by atoms with E-state index < -0.39 is 0 Å². The third-order valence-corrected chi connectivity index (χ3v) is 3.87. The summed E-state index contributed by atoms with van der Waals surface area (Å²) in [5.74, 6) is 0. The first-order valence-corrected chi connectivity index (χ1v) is 6.97.